The summed E-state index contributed by atoms with van der Waals surface area (Å²) in [7, 11) is 0.342. The van der Waals surface area contributed by atoms with E-state index in [1.165, 1.54) is 19.3 Å². The lowest BCUT2D eigenvalue weighted by Crippen LogP contribution is -2.04. The maximum absolute atomic E-state index is 2.35. The van der Waals surface area contributed by atoms with Gasteiger partial charge in [0.25, 0.3) is 0 Å². The summed E-state index contributed by atoms with van der Waals surface area (Å²) in [4.78, 5) is 0. The van der Waals surface area contributed by atoms with Crippen LogP contribution in [0.3, 0.4) is 0 Å². The monoisotopic (exact) mass is 115 g/mol. The van der Waals surface area contributed by atoms with E-state index in [1.54, 1.807) is 0 Å². The molecule has 0 nitrogen and oxygen atoms in total. The fraction of sp³-hybridized carbons (Fsp3) is 0.833. The van der Waals surface area contributed by atoms with Gasteiger partial charge in [-0.3, -0.25) is 13.6 Å². The minimum atomic E-state index is 0.342. The van der Waals surface area contributed by atoms with Gasteiger partial charge in [0.2, 0.25) is 0 Å². The Bertz CT molecular complexity index is 55.2. The van der Waals surface area contributed by atoms with Crippen LogP contribution in [0.25, 0.3) is 0 Å². The predicted octanol–water partition coefficient (Wildman–Crippen LogP) is 2.44. The maximum atomic E-state index is 2.35. The number of rotatable bonds is 1. The van der Waals surface area contributed by atoms with Gasteiger partial charge in [0.1, 0.15) is 0 Å². The highest BCUT2D eigenvalue weighted by Crippen LogP contribution is 2.51. The summed E-state index contributed by atoms with van der Waals surface area (Å²) in [5.41, 5.74) is 1.84. The van der Waals surface area contributed by atoms with Crippen LogP contribution in [-0.2, 0) is 0 Å². The molecule has 0 unspecified atom stereocenters. The number of hydrogen-bond acceptors (Lipinski definition) is 0. The molecule has 0 aromatic rings. The zero-order valence-electron chi connectivity index (χ0n) is 5.07. The Balaban J connectivity index is 2.14. The van der Waals surface area contributed by atoms with E-state index in [0.29, 0.717) is 7.92 Å². The molecule has 1 aliphatic rings. The lowest BCUT2D eigenvalue weighted by atomic mass is 10.00. The van der Waals surface area contributed by atoms with E-state index in [-0.39, 0.29) is 0 Å². The Morgan fingerprint density at radius 1 is 1.29 bits per heavy atom. The molecular weight excluding hydrogens is 103 g/mol. The van der Waals surface area contributed by atoms with Crippen molar-refractivity contribution in [2.45, 2.75) is 19.3 Å². The molecule has 1 fully saturated rings. The van der Waals surface area contributed by atoms with Crippen molar-refractivity contribution in [3.8, 4) is 0 Å². The third-order valence-electron chi connectivity index (χ3n) is 1.56. The molecule has 0 bridgehead atoms. The Kier molecular flexibility index (Phi) is 1.69. The van der Waals surface area contributed by atoms with E-state index in [1.807, 2.05) is 5.66 Å². The first kappa shape index (κ1) is 5.56. The molecular formula is C6H12P-. The molecule has 0 aromatic carbocycles. The fourth-order valence-electron chi connectivity index (χ4n) is 0.782. The van der Waals surface area contributed by atoms with Crippen LogP contribution in [0.2, 0.25) is 0 Å². The molecule has 0 radical (unpaired) electrons. The summed E-state index contributed by atoms with van der Waals surface area (Å²) in [6.07, 6.45) is 4.35. The first-order valence-electron chi connectivity index (χ1n) is 2.83. The second-order valence-electron chi connectivity index (χ2n) is 2.31. The highest BCUT2D eigenvalue weighted by molar-refractivity contribution is 7.59. The minimum Gasteiger partial charge on any atom is -0.288 e. The maximum Gasteiger partial charge on any atom is -0.0727 e. The molecule has 0 aromatic heterocycles. The van der Waals surface area contributed by atoms with Gasteiger partial charge in [0.15, 0.2) is 0 Å². The number of hydrogen-bond donors (Lipinski definition) is 0. The molecule has 1 aliphatic carbocycles. The standard InChI is InChI=1S/C6H12P/c1-7(2)6-4-3-5-6/h3-5H2,1-2H3/q-1. The quantitative estimate of drug-likeness (QED) is 0.363. The van der Waals surface area contributed by atoms with Crippen LogP contribution in [-0.4, -0.2) is 13.3 Å². The van der Waals surface area contributed by atoms with Crippen LogP contribution in [0, 0.1) is 5.66 Å². The first-order chi connectivity index (χ1) is 3.30. The van der Waals surface area contributed by atoms with Crippen molar-refractivity contribution in [3.63, 3.8) is 0 Å². The molecule has 0 heterocycles. The van der Waals surface area contributed by atoms with E-state index in [4.69, 9.17) is 0 Å². The van der Waals surface area contributed by atoms with Gasteiger partial charge in [-0.1, -0.05) is 13.3 Å². The van der Waals surface area contributed by atoms with Crippen LogP contribution < -0.4 is 0 Å². The highest BCUT2D eigenvalue weighted by atomic mass is 31.1. The van der Waals surface area contributed by atoms with Gasteiger partial charge < -0.3 is 0 Å². The summed E-state index contributed by atoms with van der Waals surface area (Å²) in [6, 6.07) is 0. The molecule has 0 aliphatic heterocycles. The third kappa shape index (κ3) is 1.16. The van der Waals surface area contributed by atoms with E-state index in [9.17, 15) is 0 Å². The molecule has 42 valence electrons. The zero-order valence-corrected chi connectivity index (χ0v) is 5.96. The van der Waals surface area contributed by atoms with Crippen LogP contribution in [0.1, 0.15) is 19.3 Å². The Morgan fingerprint density at radius 2 is 1.86 bits per heavy atom. The van der Waals surface area contributed by atoms with E-state index in [2.05, 4.69) is 13.3 Å². The van der Waals surface area contributed by atoms with Crippen LogP contribution >= 0.6 is 7.92 Å². The van der Waals surface area contributed by atoms with E-state index < -0.39 is 0 Å². The average Bonchev–Trinajstić information content (AvgIpc) is 1.23. The molecule has 0 amide bonds. The summed E-state index contributed by atoms with van der Waals surface area (Å²) < 4.78 is 0. The Morgan fingerprint density at radius 3 is 1.86 bits per heavy atom. The lowest BCUT2D eigenvalue weighted by molar-refractivity contribution is 0.621. The van der Waals surface area contributed by atoms with Gasteiger partial charge in [-0.25, -0.2) is 0 Å². The van der Waals surface area contributed by atoms with E-state index >= 15 is 0 Å². The molecule has 0 spiro atoms. The van der Waals surface area contributed by atoms with Crippen molar-refractivity contribution < 1.29 is 0 Å². The second kappa shape index (κ2) is 2.13. The topological polar surface area (TPSA) is 0 Å². The highest BCUT2D eigenvalue weighted by Gasteiger charge is 2.03. The van der Waals surface area contributed by atoms with Gasteiger partial charge in [-0.05, 0) is 0 Å². The Hall–Kier alpha value is 0.430. The molecule has 1 heteroatoms. The van der Waals surface area contributed by atoms with Crippen molar-refractivity contribution in [1.82, 2.24) is 0 Å². The normalized spacial score (nSPS) is 22.7. The van der Waals surface area contributed by atoms with Gasteiger partial charge in [0.05, 0.1) is 0 Å². The molecule has 7 heavy (non-hydrogen) atoms. The van der Waals surface area contributed by atoms with E-state index in [0.717, 1.165) is 0 Å². The Labute approximate surface area is 47.1 Å². The second-order valence-corrected chi connectivity index (χ2v) is 4.74. The largest absolute Gasteiger partial charge is 0.288 e. The van der Waals surface area contributed by atoms with Crippen LogP contribution in [0.15, 0.2) is 0 Å². The van der Waals surface area contributed by atoms with Crippen molar-refractivity contribution in [3.05, 3.63) is 5.66 Å². The van der Waals surface area contributed by atoms with Gasteiger partial charge >= 0.3 is 0 Å². The summed E-state index contributed by atoms with van der Waals surface area (Å²) >= 11 is 0. The lowest BCUT2D eigenvalue weighted by Gasteiger charge is -2.45. The van der Waals surface area contributed by atoms with Gasteiger partial charge in [-0.2, -0.15) is 12.8 Å². The molecule has 1 rings (SSSR count). The van der Waals surface area contributed by atoms with Gasteiger partial charge in [-0.15, -0.1) is 6.42 Å². The minimum absolute atomic E-state index is 0.342. The summed E-state index contributed by atoms with van der Waals surface area (Å²) in [6.45, 7) is 4.70. The van der Waals surface area contributed by atoms with Crippen molar-refractivity contribution in [1.29, 1.82) is 0 Å². The zero-order chi connectivity index (χ0) is 5.28. The van der Waals surface area contributed by atoms with Crippen molar-refractivity contribution >= 4 is 7.92 Å². The van der Waals surface area contributed by atoms with Crippen LogP contribution in [0.4, 0.5) is 0 Å². The third-order valence-corrected chi connectivity index (χ3v) is 3.28. The molecule has 0 atom stereocenters. The molecule has 1 saturated carbocycles. The molecule has 0 N–H and O–H groups in total. The van der Waals surface area contributed by atoms with Crippen molar-refractivity contribution in [2.24, 2.45) is 0 Å². The predicted molar refractivity (Wildman–Crippen MR) is 35.9 cm³/mol. The van der Waals surface area contributed by atoms with Crippen molar-refractivity contribution in [2.75, 3.05) is 13.3 Å². The smallest absolute Gasteiger partial charge is 0.0727 e. The first-order valence-corrected chi connectivity index (χ1v) is 5.06. The van der Waals surface area contributed by atoms with Gasteiger partial charge in [0, 0.05) is 0 Å². The average molecular weight is 115 g/mol. The fourth-order valence-corrected chi connectivity index (χ4v) is 1.99. The van der Waals surface area contributed by atoms with Crippen LogP contribution in [0.5, 0.6) is 0 Å². The molecule has 0 saturated heterocycles. The summed E-state index contributed by atoms with van der Waals surface area (Å²) in [5.74, 6) is 0. The SMILES string of the molecule is CP(C)[C-]1CCC1. The summed E-state index contributed by atoms with van der Waals surface area (Å²) in [5, 5.41) is 0.